The summed E-state index contributed by atoms with van der Waals surface area (Å²) in [5.41, 5.74) is 0.702. The molecule has 2 fully saturated rings. The van der Waals surface area contributed by atoms with E-state index in [0.717, 1.165) is 32.7 Å². The van der Waals surface area contributed by atoms with Crippen molar-refractivity contribution < 1.29 is 9.84 Å². The zero-order valence-electron chi connectivity index (χ0n) is 10.0. The van der Waals surface area contributed by atoms with Crippen molar-refractivity contribution in [3.8, 4) is 0 Å². The van der Waals surface area contributed by atoms with Gasteiger partial charge in [-0.15, -0.1) is 0 Å². The highest BCUT2D eigenvalue weighted by molar-refractivity contribution is 5.14. The van der Waals surface area contributed by atoms with E-state index in [0.29, 0.717) is 12.5 Å². The molecule has 3 heteroatoms. The highest BCUT2D eigenvalue weighted by atomic mass is 16.5. The van der Waals surface area contributed by atoms with Gasteiger partial charge in [0.05, 0.1) is 13.2 Å². The molecular weight excluding hydrogens is 214 g/mol. The first-order chi connectivity index (χ1) is 8.23. The lowest BCUT2D eigenvalue weighted by Crippen LogP contribution is -2.57. The first-order valence-corrected chi connectivity index (χ1v) is 6.30. The fraction of sp³-hybridized carbons (Fsp3) is 0.571. The molecule has 92 valence electrons. The van der Waals surface area contributed by atoms with E-state index in [4.69, 9.17) is 4.74 Å². The minimum Gasteiger partial charge on any atom is -0.386 e. The molecular formula is C14H19NO2. The summed E-state index contributed by atoms with van der Waals surface area (Å²) in [7, 11) is 0. The minimum atomic E-state index is -0.615. The van der Waals surface area contributed by atoms with Crippen molar-refractivity contribution in [2.75, 3.05) is 26.3 Å². The third-order valence-corrected chi connectivity index (χ3v) is 3.68. The summed E-state index contributed by atoms with van der Waals surface area (Å²) in [5.74, 6) is 0.492. The normalized spacial score (nSPS) is 33.6. The van der Waals surface area contributed by atoms with Crippen molar-refractivity contribution in [1.29, 1.82) is 0 Å². The van der Waals surface area contributed by atoms with E-state index in [1.165, 1.54) is 5.56 Å². The van der Waals surface area contributed by atoms with Gasteiger partial charge in [0, 0.05) is 19.6 Å². The Labute approximate surface area is 102 Å². The van der Waals surface area contributed by atoms with Crippen LogP contribution in [0.25, 0.3) is 0 Å². The van der Waals surface area contributed by atoms with Crippen LogP contribution in [-0.2, 0) is 11.3 Å². The van der Waals surface area contributed by atoms with Crippen molar-refractivity contribution in [3.05, 3.63) is 35.9 Å². The zero-order valence-corrected chi connectivity index (χ0v) is 10.0. The first-order valence-electron chi connectivity index (χ1n) is 6.30. The van der Waals surface area contributed by atoms with Gasteiger partial charge in [0.2, 0.25) is 0 Å². The average molecular weight is 233 g/mol. The van der Waals surface area contributed by atoms with Crippen LogP contribution >= 0.6 is 0 Å². The van der Waals surface area contributed by atoms with Crippen LogP contribution in [0.3, 0.4) is 0 Å². The number of β-amino-alcohol motifs (C(OH)–C–C–N with tert-alkyl or cyclic N) is 1. The molecule has 2 unspecified atom stereocenters. The Kier molecular flexibility index (Phi) is 2.90. The van der Waals surface area contributed by atoms with Crippen LogP contribution in [0.4, 0.5) is 0 Å². The maximum Gasteiger partial charge on any atom is 0.101 e. The van der Waals surface area contributed by atoms with E-state index in [1.807, 2.05) is 6.07 Å². The second kappa shape index (κ2) is 4.41. The molecule has 2 saturated heterocycles. The molecule has 1 aromatic carbocycles. The third-order valence-electron chi connectivity index (χ3n) is 3.68. The number of aliphatic hydroxyl groups is 1. The van der Waals surface area contributed by atoms with Crippen LogP contribution < -0.4 is 0 Å². The molecule has 2 aliphatic rings. The lowest BCUT2D eigenvalue weighted by atomic mass is 9.84. The van der Waals surface area contributed by atoms with Crippen molar-refractivity contribution in [2.24, 2.45) is 5.92 Å². The number of ether oxygens (including phenoxy) is 1. The van der Waals surface area contributed by atoms with Gasteiger partial charge in [-0.05, 0) is 17.9 Å². The fourth-order valence-electron chi connectivity index (χ4n) is 3.11. The Morgan fingerprint density at radius 1 is 1.35 bits per heavy atom. The van der Waals surface area contributed by atoms with E-state index in [9.17, 15) is 5.11 Å². The largest absolute Gasteiger partial charge is 0.386 e. The van der Waals surface area contributed by atoms with Crippen LogP contribution in [0.2, 0.25) is 0 Å². The van der Waals surface area contributed by atoms with E-state index >= 15 is 0 Å². The summed E-state index contributed by atoms with van der Waals surface area (Å²) in [6, 6.07) is 10.5. The van der Waals surface area contributed by atoms with E-state index < -0.39 is 5.60 Å². The molecule has 0 aliphatic carbocycles. The second-order valence-electron chi connectivity index (χ2n) is 5.46. The third kappa shape index (κ3) is 2.51. The number of fused-ring (bicyclic) bond motifs is 2. The molecule has 0 aromatic heterocycles. The first kappa shape index (κ1) is 11.2. The van der Waals surface area contributed by atoms with Gasteiger partial charge in [-0.1, -0.05) is 30.3 Å². The Morgan fingerprint density at radius 3 is 2.94 bits per heavy atom. The highest BCUT2D eigenvalue weighted by Crippen LogP contribution is 2.31. The van der Waals surface area contributed by atoms with E-state index in [-0.39, 0.29) is 0 Å². The average Bonchev–Trinajstić information content (AvgIpc) is 2.28. The maximum atomic E-state index is 10.4. The predicted molar refractivity (Wildman–Crippen MR) is 65.6 cm³/mol. The van der Waals surface area contributed by atoms with Gasteiger partial charge in [0.1, 0.15) is 5.60 Å². The molecule has 1 N–H and O–H groups in total. The summed E-state index contributed by atoms with van der Waals surface area (Å²) in [5, 5.41) is 10.4. The van der Waals surface area contributed by atoms with Crippen molar-refractivity contribution >= 4 is 0 Å². The molecule has 1 aromatic rings. The topological polar surface area (TPSA) is 32.7 Å². The van der Waals surface area contributed by atoms with Gasteiger partial charge < -0.3 is 9.84 Å². The zero-order chi connectivity index (χ0) is 11.7. The quantitative estimate of drug-likeness (QED) is 0.835. The molecule has 0 saturated carbocycles. The second-order valence-corrected chi connectivity index (χ2v) is 5.46. The molecule has 3 nitrogen and oxygen atoms in total. The Morgan fingerprint density at radius 2 is 2.18 bits per heavy atom. The molecule has 2 atom stereocenters. The van der Waals surface area contributed by atoms with Gasteiger partial charge in [-0.2, -0.15) is 0 Å². The number of rotatable bonds is 2. The molecule has 0 spiro atoms. The van der Waals surface area contributed by atoms with Gasteiger partial charge in [0.25, 0.3) is 0 Å². The summed E-state index contributed by atoms with van der Waals surface area (Å²) in [6.07, 6.45) is 0.901. The Balaban J connectivity index is 1.69. The van der Waals surface area contributed by atoms with E-state index in [2.05, 4.69) is 29.2 Å². The van der Waals surface area contributed by atoms with Gasteiger partial charge in [0.15, 0.2) is 0 Å². The highest BCUT2D eigenvalue weighted by Gasteiger charge is 2.41. The van der Waals surface area contributed by atoms with Gasteiger partial charge in [-0.3, -0.25) is 4.90 Å². The summed E-state index contributed by atoms with van der Waals surface area (Å²) in [6.45, 7) is 4.00. The standard InChI is InChI=1S/C14H19NO2/c16-14-6-13(9-17-11-14)8-15(10-14)7-12-4-2-1-3-5-12/h1-5,13,16H,6-11H2. The maximum absolute atomic E-state index is 10.4. The molecule has 2 bridgehead atoms. The van der Waals surface area contributed by atoms with Crippen LogP contribution in [0.5, 0.6) is 0 Å². The summed E-state index contributed by atoms with van der Waals surface area (Å²) >= 11 is 0. The molecule has 0 amide bonds. The lowest BCUT2D eigenvalue weighted by Gasteiger charge is -2.46. The summed E-state index contributed by atoms with van der Waals surface area (Å²) < 4.78 is 5.46. The van der Waals surface area contributed by atoms with Crippen molar-refractivity contribution in [2.45, 2.75) is 18.6 Å². The Hall–Kier alpha value is -0.900. The number of benzene rings is 1. The number of hydrogen-bond acceptors (Lipinski definition) is 3. The van der Waals surface area contributed by atoms with Crippen LogP contribution in [0.1, 0.15) is 12.0 Å². The van der Waals surface area contributed by atoms with Crippen LogP contribution in [-0.4, -0.2) is 41.9 Å². The number of nitrogens with zero attached hydrogens (tertiary/aromatic N) is 1. The predicted octanol–water partition coefficient (Wildman–Crippen LogP) is 1.27. The van der Waals surface area contributed by atoms with Crippen LogP contribution in [0.15, 0.2) is 30.3 Å². The van der Waals surface area contributed by atoms with Crippen LogP contribution in [0, 0.1) is 5.92 Å². The van der Waals surface area contributed by atoms with Crippen molar-refractivity contribution in [3.63, 3.8) is 0 Å². The molecule has 0 radical (unpaired) electrons. The minimum absolute atomic E-state index is 0.492. The number of piperidine rings is 1. The SMILES string of the molecule is OC12COCC(CN(Cc3ccccc3)C1)C2. The molecule has 2 heterocycles. The Bertz CT molecular complexity index is 381. The molecule has 3 rings (SSSR count). The number of hydrogen-bond donors (Lipinski definition) is 1. The lowest BCUT2D eigenvalue weighted by molar-refractivity contribution is -0.153. The smallest absolute Gasteiger partial charge is 0.101 e. The summed E-state index contributed by atoms with van der Waals surface area (Å²) in [4.78, 5) is 2.35. The van der Waals surface area contributed by atoms with Crippen molar-refractivity contribution in [1.82, 2.24) is 4.90 Å². The molecule has 17 heavy (non-hydrogen) atoms. The number of likely N-dealkylation sites (tertiary alicyclic amines) is 1. The van der Waals surface area contributed by atoms with Gasteiger partial charge >= 0.3 is 0 Å². The fourth-order valence-corrected chi connectivity index (χ4v) is 3.11. The van der Waals surface area contributed by atoms with Gasteiger partial charge in [-0.25, -0.2) is 0 Å². The van der Waals surface area contributed by atoms with E-state index in [1.54, 1.807) is 0 Å². The monoisotopic (exact) mass is 233 g/mol. The molecule has 2 aliphatic heterocycles.